The van der Waals surface area contributed by atoms with Crippen LogP contribution in [0.3, 0.4) is 0 Å². The topological polar surface area (TPSA) is 94.1 Å². The number of carbonyl (C=O) groups excluding carboxylic acids is 1. The van der Waals surface area contributed by atoms with Crippen molar-refractivity contribution in [3.63, 3.8) is 0 Å². The number of ether oxygens (including phenoxy) is 3. The van der Waals surface area contributed by atoms with Gasteiger partial charge >= 0.3 is 5.97 Å². The lowest BCUT2D eigenvalue weighted by Crippen LogP contribution is -2.42. The summed E-state index contributed by atoms with van der Waals surface area (Å²) in [7, 11) is 0. The Bertz CT molecular complexity index is 593. The molecule has 0 spiro atoms. The van der Waals surface area contributed by atoms with E-state index in [0.717, 1.165) is 0 Å². The van der Waals surface area contributed by atoms with Gasteiger partial charge in [-0.1, -0.05) is 0 Å². The zero-order valence-electron chi connectivity index (χ0n) is 13.4. The molecule has 1 atom stereocenters. The third-order valence-corrected chi connectivity index (χ3v) is 3.18. The number of hydrogen-bond donors (Lipinski definition) is 2. The molecule has 2 rings (SSSR count). The molecular formula is C16H21NO6. The SMILES string of the molecule is CC(C)(C)OCCC(NC(=O)c1ccc2c(c1)OCO2)C(=O)O. The van der Waals surface area contributed by atoms with Crippen LogP contribution in [0.1, 0.15) is 37.6 Å². The molecule has 0 aromatic heterocycles. The molecule has 126 valence electrons. The minimum Gasteiger partial charge on any atom is -0.480 e. The van der Waals surface area contributed by atoms with E-state index in [1.807, 2.05) is 20.8 Å². The van der Waals surface area contributed by atoms with Gasteiger partial charge in [0, 0.05) is 18.6 Å². The molecule has 1 aliphatic heterocycles. The van der Waals surface area contributed by atoms with Crippen molar-refractivity contribution in [2.45, 2.75) is 38.8 Å². The van der Waals surface area contributed by atoms with Crippen molar-refractivity contribution < 1.29 is 28.9 Å². The maximum Gasteiger partial charge on any atom is 0.326 e. The van der Waals surface area contributed by atoms with E-state index in [2.05, 4.69) is 5.32 Å². The van der Waals surface area contributed by atoms with Gasteiger partial charge in [-0.25, -0.2) is 4.79 Å². The van der Waals surface area contributed by atoms with Crippen LogP contribution in [0.2, 0.25) is 0 Å². The van der Waals surface area contributed by atoms with Crippen molar-refractivity contribution in [3.8, 4) is 11.5 Å². The van der Waals surface area contributed by atoms with Crippen LogP contribution in [0.25, 0.3) is 0 Å². The molecule has 0 fully saturated rings. The number of amides is 1. The molecule has 7 nitrogen and oxygen atoms in total. The molecule has 0 radical (unpaired) electrons. The first kappa shape index (κ1) is 17.1. The summed E-state index contributed by atoms with van der Waals surface area (Å²) in [5, 5.41) is 11.7. The molecule has 7 heteroatoms. The number of rotatable bonds is 6. The predicted octanol–water partition coefficient (Wildman–Crippen LogP) is 1.80. The van der Waals surface area contributed by atoms with Crippen LogP contribution in [-0.4, -0.2) is 42.0 Å². The van der Waals surface area contributed by atoms with Crippen molar-refractivity contribution in [1.82, 2.24) is 5.32 Å². The average Bonchev–Trinajstić information content (AvgIpc) is 2.91. The van der Waals surface area contributed by atoms with Gasteiger partial charge in [-0.05, 0) is 39.0 Å². The van der Waals surface area contributed by atoms with E-state index in [9.17, 15) is 14.7 Å². The Kier molecular flexibility index (Phi) is 5.10. The lowest BCUT2D eigenvalue weighted by Gasteiger charge is -2.21. The third kappa shape index (κ3) is 4.85. The van der Waals surface area contributed by atoms with Crippen LogP contribution >= 0.6 is 0 Å². The van der Waals surface area contributed by atoms with Gasteiger partial charge in [-0.2, -0.15) is 0 Å². The highest BCUT2D eigenvalue weighted by Gasteiger charge is 2.23. The van der Waals surface area contributed by atoms with Crippen molar-refractivity contribution in [3.05, 3.63) is 23.8 Å². The summed E-state index contributed by atoms with van der Waals surface area (Å²) in [5.41, 5.74) is -0.0399. The second kappa shape index (κ2) is 6.87. The summed E-state index contributed by atoms with van der Waals surface area (Å²) in [4.78, 5) is 23.5. The monoisotopic (exact) mass is 323 g/mol. The fraction of sp³-hybridized carbons (Fsp3) is 0.500. The Morgan fingerprint density at radius 2 is 2.00 bits per heavy atom. The smallest absolute Gasteiger partial charge is 0.326 e. The van der Waals surface area contributed by atoms with Crippen LogP contribution in [0.4, 0.5) is 0 Å². The molecule has 1 aliphatic rings. The summed E-state index contributed by atoms with van der Waals surface area (Å²) < 4.78 is 15.9. The van der Waals surface area contributed by atoms with Gasteiger partial charge in [0.05, 0.1) is 5.60 Å². The van der Waals surface area contributed by atoms with Gasteiger partial charge in [-0.3, -0.25) is 4.79 Å². The molecule has 1 amide bonds. The molecule has 1 unspecified atom stereocenters. The minimum atomic E-state index is -1.10. The van der Waals surface area contributed by atoms with Crippen LogP contribution in [0.15, 0.2) is 18.2 Å². The van der Waals surface area contributed by atoms with E-state index < -0.39 is 17.9 Å². The molecule has 0 saturated carbocycles. The second-order valence-corrected chi connectivity index (χ2v) is 6.18. The zero-order chi connectivity index (χ0) is 17.0. The van der Waals surface area contributed by atoms with Crippen LogP contribution < -0.4 is 14.8 Å². The molecule has 1 aromatic carbocycles. The summed E-state index contributed by atoms with van der Waals surface area (Å²) in [6, 6.07) is 3.70. The molecule has 0 saturated heterocycles. The van der Waals surface area contributed by atoms with Crippen LogP contribution in [-0.2, 0) is 9.53 Å². The predicted molar refractivity (Wildman–Crippen MR) is 81.8 cm³/mol. The molecule has 1 aromatic rings. The number of aliphatic carboxylic acids is 1. The van der Waals surface area contributed by atoms with Crippen molar-refractivity contribution in [2.24, 2.45) is 0 Å². The number of carboxylic acid groups (broad SMARTS) is 1. The summed E-state index contributed by atoms with van der Waals surface area (Å²) in [6.45, 7) is 6.00. The fourth-order valence-corrected chi connectivity index (χ4v) is 2.02. The highest BCUT2D eigenvalue weighted by atomic mass is 16.7. The number of fused-ring (bicyclic) bond motifs is 1. The summed E-state index contributed by atoms with van der Waals surface area (Å²) >= 11 is 0. The van der Waals surface area contributed by atoms with Gasteiger partial charge in [0.2, 0.25) is 6.79 Å². The summed E-state index contributed by atoms with van der Waals surface area (Å²) in [6.07, 6.45) is 0.183. The van der Waals surface area contributed by atoms with E-state index >= 15 is 0 Å². The lowest BCUT2D eigenvalue weighted by atomic mass is 10.1. The average molecular weight is 323 g/mol. The third-order valence-electron chi connectivity index (χ3n) is 3.18. The fourth-order valence-electron chi connectivity index (χ4n) is 2.02. The minimum absolute atomic E-state index is 0.113. The first-order valence-electron chi connectivity index (χ1n) is 7.33. The highest BCUT2D eigenvalue weighted by Crippen LogP contribution is 2.32. The Labute approximate surface area is 134 Å². The largest absolute Gasteiger partial charge is 0.480 e. The first-order chi connectivity index (χ1) is 10.8. The molecule has 0 bridgehead atoms. The van der Waals surface area contributed by atoms with Gasteiger partial charge in [0.25, 0.3) is 5.91 Å². The van der Waals surface area contributed by atoms with Gasteiger partial charge in [0.15, 0.2) is 11.5 Å². The Hall–Kier alpha value is -2.28. The summed E-state index contributed by atoms with van der Waals surface area (Å²) in [5.74, 6) is -0.543. The lowest BCUT2D eigenvalue weighted by molar-refractivity contribution is -0.140. The molecule has 23 heavy (non-hydrogen) atoms. The Morgan fingerprint density at radius 1 is 1.30 bits per heavy atom. The first-order valence-corrected chi connectivity index (χ1v) is 7.33. The van der Waals surface area contributed by atoms with Crippen molar-refractivity contribution in [1.29, 1.82) is 0 Å². The zero-order valence-corrected chi connectivity index (χ0v) is 13.4. The van der Waals surface area contributed by atoms with E-state index in [1.165, 1.54) is 6.07 Å². The van der Waals surface area contributed by atoms with Crippen LogP contribution in [0, 0.1) is 0 Å². The molecule has 2 N–H and O–H groups in total. The Balaban J connectivity index is 1.96. The van der Waals surface area contributed by atoms with Crippen molar-refractivity contribution in [2.75, 3.05) is 13.4 Å². The molecular weight excluding hydrogens is 302 g/mol. The number of hydrogen-bond acceptors (Lipinski definition) is 5. The number of benzene rings is 1. The molecule has 1 heterocycles. The standard InChI is InChI=1S/C16H21NO6/c1-16(2,3)23-7-6-11(15(19)20)17-14(18)10-4-5-12-13(8-10)22-9-21-12/h4-5,8,11H,6-7,9H2,1-3H3,(H,17,18)(H,19,20). The van der Waals surface area contributed by atoms with Gasteiger partial charge < -0.3 is 24.6 Å². The van der Waals surface area contributed by atoms with Gasteiger partial charge in [-0.15, -0.1) is 0 Å². The van der Waals surface area contributed by atoms with E-state index in [0.29, 0.717) is 17.1 Å². The number of carbonyl (C=O) groups is 2. The maximum atomic E-state index is 12.2. The van der Waals surface area contributed by atoms with E-state index in [4.69, 9.17) is 14.2 Å². The Morgan fingerprint density at radius 3 is 2.65 bits per heavy atom. The quantitative estimate of drug-likeness (QED) is 0.829. The normalized spacial score (nSPS) is 14.4. The molecule has 0 aliphatic carbocycles. The number of nitrogens with one attached hydrogen (secondary N) is 1. The maximum absolute atomic E-state index is 12.2. The van der Waals surface area contributed by atoms with E-state index in [1.54, 1.807) is 12.1 Å². The second-order valence-electron chi connectivity index (χ2n) is 6.18. The van der Waals surface area contributed by atoms with E-state index in [-0.39, 0.29) is 25.4 Å². The highest BCUT2D eigenvalue weighted by molar-refractivity contribution is 5.97. The van der Waals surface area contributed by atoms with Gasteiger partial charge in [0.1, 0.15) is 6.04 Å². The number of carboxylic acids is 1. The van der Waals surface area contributed by atoms with Crippen LogP contribution in [0.5, 0.6) is 11.5 Å². The van der Waals surface area contributed by atoms with Crippen molar-refractivity contribution >= 4 is 11.9 Å².